The first kappa shape index (κ1) is 14.8. The summed E-state index contributed by atoms with van der Waals surface area (Å²) < 4.78 is 5.22. The molecule has 3 aromatic rings. The maximum atomic E-state index is 12.4. The third-order valence-corrected chi connectivity index (χ3v) is 3.28. The molecule has 0 aliphatic carbocycles. The van der Waals surface area contributed by atoms with Gasteiger partial charge in [0.2, 0.25) is 0 Å². The van der Waals surface area contributed by atoms with E-state index in [0.29, 0.717) is 17.3 Å². The molecule has 2 heterocycles. The van der Waals surface area contributed by atoms with Gasteiger partial charge >= 0.3 is 0 Å². The van der Waals surface area contributed by atoms with Crippen LogP contribution in [0.25, 0.3) is 11.6 Å². The van der Waals surface area contributed by atoms with Gasteiger partial charge in [-0.2, -0.15) is 0 Å². The Hall–Kier alpha value is -3.15. The van der Waals surface area contributed by atoms with E-state index in [1.807, 2.05) is 32.0 Å². The molecular weight excluding hydrogens is 292 g/mol. The van der Waals surface area contributed by atoms with Crippen molar-refractivity contribution in [2.45, 2.75) is 13.8 Å². The van der Waals surface area contributed by atoms with Gasteiger partial charge in [-0.05, 0) is 49.2 Å². The van der Waals surface area contributed by atoms with Crippen molar-refractivity contribution in [2.24, 2.45) is 0 Å². The van der Waals surface area contributed by atoms with E-state index in [2.05, 4.69) is 15.3 Å². The SMILES string of the molecule is Cc1cc(C)cc(NC(=O)c2cnc(-c3ccco3)nc2N)c1. The van der Waals surface area contributed by atoms with Crippen LogP contribution in [-0.2, 0) is 0 Å². The molecule has 0 saturated carbocycles. The van der Waals surface area contributed by atoms with E-state index in [-0.39, 0.29) is 17.3 Å². The van der Waals surface area contributed by atoms with E-state index in [1.54, 1.807) is 12.1 Å². The Morgan fingerprint density at radius 1 is 1.22 bits per heavy atom. The zero-order valence-corrected chi connectivity index (χ0v) is 12.8. The molecule has 1 aromatic carbocycles. The molecule has 0 bridgehead atoms. The summed E-state index contributed by atoms with van der Waals surface area (Å²) in [6, 6.07) is 9.27. The highest BCUT2D eigenvalue weighted by Crippen LogP contribution is 2.20. The van der Waals surface area contributed by atoms with Crippen molar-refractivity contribution in [3.05, 3.63) is 59.5 Å². The summed E-state index contributed by atoms with van der Waals surface area (Å²) in [6.07, 6.45) is 2.92. The van der Waals surface area contributed by atoms with Gasteiger partial charge < -0.3 is 15.5 Å². The van der Waals surface area contributed by atoms with Crippen molar-refractivity contribution in [1.29, 1.82) is 0 Å². The number of carbonyl (C=O) groups excluding carboxylic acids is 1. The summed E-state index contributed by atoms with van der Waals surface area (Å²) >= 11 is 0. The predicted molar refractivity (Wildman–Crippen MR) is 88.0 cm³/mol. The fourth-order valence-electron chi connectivity index (χ4n) is 2.34. The van der Waals surface area contributed by atoms with Gasteiger partial charge in [0.15, 0.2) is 11.6 Å². The van der Waals surface area contributed by atoms with E-state index in [1.165, 1.54) is 12.5 Å². The Labute approximate surface area is 133 Å². The minimum absolute atomic E-state index is 0.105. The molecule has 0 aliphatic heterocycles. The molecule has 6 heteroatoms. The molecule has 0 spiro atoms. The smallest absolute Gasteiger partial charge is 0.260 e. The molecule has 23 heavy (non-hydrogen) atoms. The van der Waals surface area contributed by atoms with Crippen LogP contribution >= 0.6 is 0 Å². The Kier molecular flexibility index (Phi) is 3.80. The van der Waals surface area contributed by atoms with Crippen molar-refractivity contribution in [3.63, 3.8) is 0 Å². The molecular formula is C17H16N4O2. The highest BCUT2D eigenvalue weighted by molar-refractivity contribution is 6.07. The van der Waals surface area contributed by atoms with Crippen molar-refractivity contribution >= 4 is 17.4 Å². The van der Waals surface area contributed by atoms with Gasteiger partial charge in [-0.1, -0.05) is 6.07 Å². The Bertz CT molecular complexity index is 837. The summed E-state index contributed by atoms with van der Waals surface area (Å²) in [5.41, 5.74) is 8.95. The van der Waals surface area contributed by atoms with Gasteiger partial charge in [0, 0.05) is 11.9 Å². The second kappa shape index (κ2) is 5.92. The quantitative estimate of drug-likeness (QED) is 0.775. The van der Waals surface area contributed by atoms with Gasteiger partial charge in [-0.25, -0.2) is 9.97 Å². The second-order valence-corrected chi connectivity index (χ2v) is 5.30. The van der Waals surface area contributed by atoms with Gasteiger partial charge in [0.05, 0.1) is 6.26 Å². The largest absolute Gasteiger partial charge is 0.461 e. The summed E-state index contributed by atoms with van der Waals surface area (Å²) in [5.74, 6) is 0.597. The molecule has 0 fully saturated rings. The minimum Gasteiger partial charge on any atom is -0.461 e. The number of hydrogen-bond donors (Lipinski definition) is 2. The second-order valence-electron chi connectivity index (χ2n) is 5.30. The van der Waals surface area contributed by atoms with E-state index in [0.717, 1.165) is 11.1 Å². The third kappa shape index (κ3) is 3.21. The lowest BCUT2D eigenvalue weighted by molar-refractivity contribution is 0.102. The van der Waals surface area contributed by atoms with Crippen LogP contribution in [0.3, 0.4) is 0 Å². The van der Waals surface area contributed by atoms with Crippen LogP contribution in [0, 0.1) is 13.8 Å². The fraction of sp³-hybridized carbons (Fsp3) is 0.118. The molecule has 0 aliphatic rings. The molecule has 0 radical (unpaired) electrons. The van der Waals surface area contributed by atoms with E-state index >= 15 is 0 Å². The van der Waals surface area contributed by atoms with Crippen molar-refractivity contribution in [2.75, 3.05) is 11.1 Å². The van der Waals surface area contributed by atoms with Gasteiger partial charge in [0.25, 0.3) is 5.91 Å². The topological polar surface area (TPSA) is 94.0 Å². The monoisotopic (exact) mass is 308 g/mol. The summed E-state index contributed by atoms with van der Waals surface area (Å²) in [5, 5.41) is 2.81. The van der Waals surface area contributed by atoms with Crippen molar-refractivity contribution in [1.82, 2.24) is 9.97 Å². The number of amides is 1. The number of hydrogen-bond acceptors (Lipinski definition) is 5. The summed E-state index contributed by atoms with van der Waals surface area (Å²) in [7, 11) is 0. The maximum Gasteiger partial charge on any atom is 0.260 e. The normalized spacial score (nSPS) is 10.5. The minimum atomic E-state index is -0.349. The van der Waals surface area contributed by atoms with Crippen LogP contribution in [0.2, 0.25) is 0 Å². The van der Waals surface area contributed by atoms with Crippen molar-refractivity contribution in [3.8, 4) is 11.6 Å². The first-order valence-electron chi connectivity index (χ1n) is 7.09. The van der Waals surface area contributed by atoms with E-state index < -0.39 is 0 Å². The zero-order chi connectivity index (χ0) is 16.4. The number of aryl methyl sites for hydroxylation is 2. The number of nitrogens with two attached hydrogens (primary N) is 1. The lowest BCUT2D eigenvalue weighted by Gasteiger charge is -2.09. The van der Waals surface area contributed by atoms with Crippen LogP contribution in [0.15, 0.2) is 47.2 Å². The number of aromatic nitrogens is 2. The molecule has 3 N–H and O–H groups in total. The van der Waals surface area contributed by atoms with Crippen LogP contribution in [0.1, 0.15) is 21.5 Å². The first-order chi connectivity index (χ1) is 11.0. The summed E-state index contributed by atoms with van der Waals surface area (Å²) in [6.45, 7) is 3.94. The molecule has 1 amide bonds. The van der Waals surface area contributed by atoms with Crippen molar-refractivity contribution < 1.29 is 9.21 Å². The summed E-state index contributed by atoms with van der Waals surface area (Å²) in [4.78, 5) is 20.6. The van der Waals surface area contributed by atoms with Gasteiger partial charge in [-0.3, -0.25) is 4.79 Å². The third-order valence-electron chi connectivity index (χ3n) is 3.28. The zero-order valence-electron chi connectivity index (χ0n) is 12.8. The molecule has 116 valence electrons. The molecule has 0 atom stereocenters. The first-order valence-corrected chi connectivity index (χ1v) is 7.09. The number of benzene rings is 1. The standard InChI is InChI=1S/C17H16N4O2/c1-10-6-11(2)8-12(7-10)20-17(22)13-9-19-16(21-15(13)18)14-4-3-5-23-14/h3-9H,1-2H3,(H,20,22)(H2,18,19,21). The number of anilines is 2. The van der Waals surface area contributed by atoms with Crippen LogP contribution in [0.4, 0.5) is 11.5 Å². The number of nitrogens with zero attached hydrogens (tertiary/aromatic N) is 2. The lowest BCUT2D eigenvalue weighted by Crippen LogP contribution is -2.16. The van der Waals surface area contributed by atoms with Gasteiger partial charge in [-0.15, -0.1) is 0 Å². The number of nitrogen functional groups attached to an aromatic ring is 1. The molecule has 0 unspecified atom stereocenters. The number of nitrogens with one attached hydrogen (secondary N) is 1. The lowest BCUT2D eigenvalue weighted by atomic mass is 10.1. The van der Waals surface area contributed by atoms with Crippen LogP contribution in [0.5, 0.6) is 0 Å². The van der Waals surface area contributed by atoms with Gasteiger partial charge in [0.1, 0.15) is 11.4 Å². The van der Waals surface area contributed by atoms with E-state index in [4.69, 9.17) is 10.2 Å². The van der Waals surface area contributed by atoms with Crippen LogP contribution < -0.4 is 11.1 Å². The predicted octanol–water partition coefficient (Wildman–Crippen LogP) is 3.19. The Morgan fingerprint density at radius 3 is 2.57 bits per heavy atom. The average Bonchev–Trinajstić information content (AvgIpc) is 2.99. The van der Waals surface area contributed by atoms with E-state index in [9.17, 15) is 4.79 Å². The molecule has 3 rings (SSSR count). The molecule has 0 saturated heterocycles. The number of furan rings is 1. The Morgan fingerprint density at radius 2 is 1.96 bits per heavy atom. The molecule has 2 aromatic heterocycles. The maximum absolute atomic E-state index is 12.4. The number of carbonyl (C=O) groups is 1. The fourth-order valence-corrected chi connectivity index (χ4v) is 2.34. The highest BCUT2D eigenvalue weighted by atomic mass is 16.3. The van der Waals surface area contributed by atoms with Crippen LogP contribution in [-0.4, -0.2) is 15.9 Å². The number of rotatable bonds is 3. The average molecular weight is 308 g/mol. The Balaban J connectivity index is 1.85. The highest BCUT2D eigenvalue weighted by Gasteiger charge is 2.14. The molecule has 6 nitrogen and oxygen atoms in total.